The molecule has 0 unspecified atom stereocenters. The first-order valence-corrected chi connectivity index (χ1v) is 3.56. The first-order chi connectivity index (χ1) is 3.77. The van der Waals surface area contributed by atoms with Gasteiger partial charge < -0.3 is 0 Å². The van der Waals surface area contributed by atoms with Crippen LogP contribution < -0.4 is 0 Å². The maximum atomic E-state index is 3.94. The zero-order valence-electron chi connectivity index (χ0n) is 5.74. The largest absolute Gasteiger partial charge is 0.0596 e. The van der Waals surface area contributed by atoms with Crippen LogP contribution in [0, 0.1) is 12.3 Å². The molecule has 1 rings (SSSR count). The summed E-state index contributed by atoms with van der Waals surface area (Å²) < 4.78 is 0. The molecule has 47 valence electrons. The topological polar surface area (TPSA) is 0 Å². The van der Waals surface area contributed by atoms with Crippen molar-refractivity contribution in [2.75, 3.05) is 0 Å². The zero-order chi connectivity index (χ0) is 6.04. The second kappa shape index (κ2) is 2.08. The molecule has 1 aliphatic rings. The van der Waals surface area contributed by atoms with Crippen LogP contribution in [-0.4, -0.2) is 0 Å². The third kappa shape index (κ3) is 1.04. The van der Waals surface area contributed by atoms with Gasteiger partial charge in [-0.1, -0.05) is 26.7 Å². The standard InChI is InChI=1S/C8H15/c1-3-8(2)6-4-5-7-8/h1,3-7H2,2H3. The molecule has 0 aromatic carbocycles. The molecular weight excluding hydrogens is 96.1 g/mol. The lowest BCUT2D eigenvalue weighted by Gasteiger charge is -2.19. The van der Waals surface area contributed by atoms with Gasteiger partial charge in [0.15, 0.2) is 0 Å². The summed E-state index contributed by atoms with van der Waals surface area (Å²) in [5, 5.41) is 0. The Morgan fingerprint density at radius 2 is 1.88 bits per heavy atom. The monoisotopic (exact) mass is 111 g/mol. The lowest BCUT2D eigenvalue weighted by molar-refractivity contribution is 0.340. The lowest BCUT2D eigenvalue weighted by atomic mass is 9.86. The van der Waals surface area contributed by atoms with Gasteiger partial charge in [-0.15, -0.1) is 0 Å². The first-order valence-electron chi connectivity index (χ1n) is 3.56. The number of hydrogen-bond donors (Lipinski definition) is 0. The summed E-state index contributed by atoms with van der Waals surface area (Å²) >= 11 is 0. The van der Waals surface area contributed by atoms with E-state index < -0.39 is 0 Å². The zero-order valence-corrected chi connectivity index (χ0v) is 5.74. The Bertz CT molecular complexity index is 68.1. The van der Waals surface area contributed by atoms with Gasteiger partial charge in [0, 0.05) is 0 Å². The Balaban J connectivity index is 2.40. The van der Waals surface area contributed by atoms with Crippen molar-refractivity contribution in [2.45, 2.75) is 39.0 Å². The molecule has 0 heterocycles. The fourth-order valence-electron chi connectivity index (χ4n) is 1.48. The van der Waals surface area contributed by atoms with Gasteiger partial charge in [0.2, 0.25) is 0 Å². The first kappa shape index (κ1) is 6.12. The second-order valence-electron chi connectivity index (χ2n) is 3.27. The average Bonchev–Trinajstić information content (AvgIpc) is 2.17. The summed E-state index contributed by atoms with van der Waals surface area (Å²) in [6.07, 6.45) is 6.83. The molecule has 0 nitrogen and oxygen atoms in total. The molecule has 1 saturated carbocycles. The third-order valence-corrected chi connectivity index (χ3v) is 2.41. The van der Waals surface area contributed by atoms with Crippen LogP contribution in [0.25, 0.3) is 0 Å². The molecule has 1 fully saturated rings. The van der Waals surface area contributed by atoms with Crippen LogP contribution in [-0.2, 0) is 0 Å². The molecule has 0 atom stereocenters. The van der Waals surface area contributed by atoms with E-state index in [1.165, 1.54) is 25.7 Å². The molecule has 8 heavy (non-hydrogen) atoms. The number of hydrogen-bond acceptors (Lipinski definition) is 0. The SMILES string of the molecule is [CH2]CC1(C)CCCC1. The van der Waals surface area contributed by atoms with Gasteiger partial charge in [-0.3, -0.25) is 0 Å². The van der Waals surface area contributed by atoms with Crippen LogP contribution >= 0.6 is 0 Å². The highest BCUT2D eigenvalue weighted by atomic mass is 14.3. The Labute approximate surface area is 52.3 Å². The van der Waals surface area contributed by atoms with E-state index in [9.17, 15) is 0 Å². The van der Waals surface area contributed by atoms with E-state index in [0.29, 0.717) is 5.41 Å². The van der Waals surface area contributed by atoms with Gasteiger partial charge in [-0.2, -0.15) is 0 Å². The van der Waals surface area contributed by atoms with Crippen molar-refractivity contribution in [2.24, 2.45) is 5.41 Å². The predicted octanol–water partition coefficient (Wildman–Crippen LogP) is 2.79. The van der Waals surface area contributed by atoms with E-state index in [-0.39, 0.29) is 0 Å². The highest BCUT2D eigenvalue weighted by molar-refractivity contribution is 4.80. The second-order valence-corrected chi connectivity index (χ2v) is 3.27. The van der Waals surface area contributed by atoms with Crippen molar-refractivity contribution in [3.8, 4) is 0 Å². The van der Waals surface area contributed by atoms with Crippen LogP contribution in [0.5, 0.6) is 0 Å². The molecule has 0 aromatic heterocycles. The lowest BCUT2D eigenvalue weighted by Crippen LogP contribution is -2.07. The molecule has 0 bridgehead atoms. The van der Waals surface area contributed by atoms with Gasteiger partial charge in [0.1, 0.15) is 0 Å². The Hall–Kier alpha value is 0. The maximum absolute atomic E-state index is 3.94. The summed E-state index contributed by atoms with van der Waals surface area (Å²) in [6, 6.07) is 0. The van der Waals surface area contributed by atoms with Crippen LogP contribution in [0.3, 0.4) is 0 Å². The summed E-state index contributed by atoms with van der Waals surface area (Å²) in [7, 11) is 0. The minimum absolute atomic E-state index is 0.625. The van der Waals surface area contributed by atoms with E-state index in [1.54, 1.807) is 0 Å². The maximum Gasteiger partial charge on any atom is -0.0326 e. The van der Waals surface area contributed by atoms with Crippen molar-refractivity contribution in [3.05, 3.63) is 6.92 Å². The van der Waals surface area contributed by atoms with E-state index in [2.05, 4.69) is 13.8 Å². The van der Waals surface area contributed by atoms with Crippen molar-refractivity contribution >= 4 is 0 Å². The van der Waals surface area contributed by atoms with E-state index in [4.69, 9.17) is 0 Å². The minimum Gasteiger partial charge on any atom is -0.0596 e. The van der Waals surface area contributed by atoms with E-state index >= 15 is 0 Å². The van der Waals surface area contributed by atoms with Crippen LogP contribution in [0.15, 0.2) is 0 Å². The van der Waals surface area contributed by atoms with Crippen LogP contribution in [0.1, 0.15) is 39.0 Å². The Morgan fingerprint density at radius 3 is 2.12 bits per heavy atom. The average molecular weight is 111 g/mol. The summed E-state index contributed by atoms with van der Waals surface area (Å²) in [4.78, 5) is 0. The van der Waals surface area contributed by atoms with Gasteiger partial charge >= 0.3 is 0 Å². The smallest absolute Gasteiger partial charge is 0.0326 e. The molecule has 0 aliphatic heterocycles. The quantitative estimate of drug-likeness (QED) is 0.488. The molecule has 0 heteroatoms. The summed E-state index contributed by atoms with van der Waals surface area (Å²) in [5.41, 5.74) is 0.625. The predicted molar refractivity (Wildman–Crippen MR) is 36.5 cm³/mol. The number of rotatable bonds is 1. The fraction of sp³-hybridized carbons (Fsp3) is 0.875. The van der Waals surface area contributed by atoms with Crippen molar-refractivity contribution < 1.29 is 0 Å². The van der Waals surface area contributed by atoms with Gasteiger partial charge in [-0.25, -0.2) is 0 Å². The molecule has 0 aromatic rings. The van der Waals surface area contributed by atoms with Crippen LogP contribution in [0.4, 0.5) is 0 Å². The third-order valence-electron chi connectivity index (χ3n) is 2.41. The van der Waals surface area contributed by atoms with Crippen molar-refractivity contribution in [1.82, 2.24) is 0 Å². The van der Waals surface area contributed by atoms with Gasteiger partial charge in [0.05, 0.1) is 0 Å². The van der Waals surface area contributed by atoms with E-state index in [0.717, 1.165) is 6.42 Å². The molecule has 0 saturated heterocycles. The van der Waals surface area contributed by atoms with Crippen LogP contribution in [0.2, 0.25) is 0 Å². The molecule has 1 aliphatic carbocycles. The highest BCUT2D eigenvalue weighted by Gasteiger charge is 2.25. The van der Waals surface area contributed by atoms with Gasteiger partial charge in [-0.05, 0) is 24.7 Å². The van der Waals surface area contributed by atoms with E-state index in [1.807, 2.05) is 0 Å². The van der Waals surface area contributed by atoms with Crippen molar-refractivity contribution in [1.29, 1.82) is 0 Å². The molecule has 0 amide bonds. The minimum atomic E-state index is 0.625. The normalized spacial score (nSPS) is 26.2. The van der Waals surface area contributed by atoms with Gasteiger partial charge in [0.25, 0.3) is 0 Å². The summed E-state index contributed by atoms with van der Waals surface area (Å²) in [5.74, 6) is 0. The fourth-order valence-corrected chi connectivity index (χ4v) is 1.48. The Morgan fingerprint density at radius 1 is 1.38 bits per heavy atom. The molecule has 0 spiro atoms. The molecule has 0 N–H and O–H groups in total. The van der Waals surface area contributed by atoms with Crippen molar-refractivity contribution in [3.63, 3.8) is 0 Å². The summed E-state index contributed by atoms with van der Waals surface area (Å²) in [6.45, 7) is 6.29. The molecule has 1 radical (unpaired) electrons. The Kier molecular flexibility index (Phi) is 1.59. The highest BCUT2D eigenvalue weighted by Crippen LogP contribution is 2.39. The molecular formula is C8H15.